The number of amides is 1. The zero-order valence-electron chi connectivity index (χ0n) is 18.7. The van der Waals surface area contributed by atoms with E-state index in [1.807, 2.05) is 78.9 Å². The molecule has 1 aliphatic rings. The maximum absolute atomic E-state index is 13.2. The van der Waals surface area contributed by atoms with Gasteiger partial charge in [-0.15, -0.1) is 0 Å². The number of rotatable bonds is 6. The maximum Gasteiger partial charge on any atom is 0.248 e. The highest BCUT2D eigenvalue weighted by Crippen LogP contribution is 2.22. The van der Waals surface area contributed by atoms with E-state index in [0.717, 1.165) is 22.3 Å². The first-order valence-corrected chi connectivity index (χ1v) is 11.5. The van der Waals surface area contributed by atoms with Crippen LogP contribution in [0.5, 0.6) is 0 Å². The first kappa shape index (κ1) is 23.4. The molecule has 3 aromatic carbocycles. The van der Waals surface area contributed by atoms with Crippen LogP contribution in [0.25, 0.3) is 12.2 Å². The second-order valence-electron chi connectivity index (χ2n) is 8.06. The predicted molar refractivity (Wildman–Crippen MR) is 140 cm³/mol. The first-order valence-electron chi connectivity index (χ1n) is 11.1. The van der Waals surface area contributed by atoms with Crippen molar-refractivity contribution in [1.29, 1.82) is 0 Å². The van der Waals surface area contributed by atoms with Crippen LogP contribution in [0.1, 0.15) is 11.1 Å². The van der Waals surface area contributed by atoms with Crippen LogP contribution in [0.4, 0.5) is 5.69 Å². The smallest absolute Gasteiger partial charge is 0.248 e. The number of anilines is 1. The molecule has 0 saturated carbocycles. The Bertz CT molecular complexity index is 1170. The van der Waals surface area contributed by atoms with Crippen molar-refractivity contribution in [3.8, 4) is 0 Å². The molecule has 0 atom stereocenters. The Hall–Kier alpha value is -3.73. The second-order valence-corrected chi connectivity index (χ2v) is 8.49. The summed E-state index contributed by atoms with van der Waals surface area (Å²) in [5, 5.41) is 3.43. The van der Waals surface area contributed by atoms with Gasteiger partial charge < -0.3 is 5.32 Å². The van der Waals surface area contributed by atoms with Crippen molar-refractivity contribution in [2.24, 2.45) is 0 Å². The summed E-state index contributed by atoms with van der Waals surface area (Å²) in [5.74, 6) is -0.149. The Balaban J connectivity index is 1.49. The van der Waals surface area contributed by atoms with Crippen LogP contribution in [0.2, 0.25) is 5.02 Å². The summed E-state index contributed by atoms with van der Waals surface area (Å²) in [6.45, 7) is 1.57. The van der Waals surface area contributed by atoms with Crippen LogP contribution >= 0.6 is 11.6 Å². The number of piperidine rings is 1. The number of nitrogens with one attached hydrogen (secondary N) is 1. The summed E-state index contributed by atoms with van der Waals surface area (Å²) in [7, 11) is 0. The molecule has 4 nitrogen and oxygen atoms in total. The normalized spacial score (nSPS) is 16.9. The lowest BCUT2D eigenvalue weighted by Crippen LogP contribution is -2.37. The Morgan fingerprint density at radius 2 is 1.35 bits per heavy atom. The molecule has 0 aliphatic carbocycles. The molecule has 1 fully saturated rings. The molecule has 0 radical (unpaired) electrons. The third-order valence-electron chi connectivity index (χ3n) is 5.40. The fraction of sp³-hybridized carbons (Fsp3) is 0.103. The minimum absolute atomic E-state index is 0.0633. The van der Waals surface area contributed by atoms with Gasteiger partial charge in [0, 0.05) is 47.6 Å². The standard InChI is InChI=1S/C29H25ClN2O2/c30-26-13-15-27(16-14-26)31-28(33)12-7-17-32-20-24(18-22-8-3-1-4-9-22)29(34)25(21-32)19-23-10-5-2-6-11-23/h1-16,18-19H,17,20-21H2,(H,31,33)/b12-7-,24-18-,25-19+. The highest BCUT2D eigenvalue weighted by atomic mass is 35.5. The number of carbonyl (C=O) groups excluding carboxylic acids is 2. The zero-order chi connectivity index (χ0) is 23.8. The van der Waals surface area contributed by atoms with Crippen molar-refractivity contribution in [3.63, 3.8) is 0 Å². The topological polar surface area (TPSA) is 49.4 Å². The third kappa shape index (κ3) is 6.64. The highest BCUT2D eigenvalue weighted by Gasteiger charge is 2.25. The lowest BCUT2D eigenvalue weighted by atomic mass is 9.94. The molecule has 4 rings (SSSR count). The van der Waals surface area contributed by atoms with Gasteiger partial charge in [0.25, 0.3) is 0 Å². The van der Waals surface area contributed by atoms with Gasteiger partial charge >= 0.3 is 0 Å². The van der Waals surface area contributed by atoms with Gasteiger partial charge in [-0.25, -0.2) is 0 Å². The van der Waals surface area contributed by atoms with E-state index in [4.69, 9.17) is 11.6 Å². The number of ketones is 1. The molecule has 3 aromatic rings. The SMILES string of the molecule is O=C(/C=C\CN1C/C(=C/c2ccccc2)C(=O)/C(=C/c2ccccc2)C1)Nc1ccc(Cl)cc1. The van der Waals surface area contributed by atoms with Crippen molar-refractivity contribution in [2.45, 2.75) is 0 Å². The highest BCUT2D eigenvalue weighted by molar-refractivity contribution is 6.30. The average molecular weight is 469 g/mol. The molecule has 0 spiro atoms. The van der Waals surface area contributed by atoms with Crippen LogP contribution in [-0.2, 0) is 9.59 Å². The first-order chi connectivity index (χ1) is 16.6. The average Bonchev–Trinajstić information content (AvgIpc) is 2.85. The molecule has 0 aromatic heterocycles. The lowest BCUT2D eigenvalue weighted by Gasteiger charge is -2.29. The molecule has 5 heteroatoms. The largest absolute Gasteiger partial charge is 0.323 e. The Labute approximate surface area is 204 Å². The fourth-order valence-corrected chi connectivity index (χ4v) is 3.89. The van der Waals surface area contributed by atoms with Gasteiger partial charge in [-0.2, -0.15) is 0 Å². The fourth-order valence-electron chi connectivity index (χ4n) is 3.77. The van der Waals surface area contributed by atoms with Gasteiger partial charge in [-0.05, 0) is 47.5 Å². The summed E-state index contributed by atoms with van der Waals surface area (Å²) in [6.07, 6.45) is 7.24. The summed E-state index contributed by atoms with van der Waals surface area (Å²) in [4.78, 5) is 27.7. The molecule has 1 saturated heterocycles. The summed E-state index contributed by atoms with van der Waals surface area (Å²) < 4.78 is 0. The number of hydrogen-bond acceptors (Lipinski definition) is 3. The number of hydrogen-bond donors (Lipinski definition) is 1. The van der Waals surface area contributed by atoms with E-state index in [-0.39, 0.29) is 11.7 Å². The number of benzene rings is 3. The molecule has 34 heavy (non-hydrogen) atoms. The quantitative estimate of drug-likeness (QED) is 0.459. The van der Waals surface area contributed by atoms with E-state index in [1.165, 1.54) is 6.08 Å². The van der Waals surface area contributed by atoms with Crippen LogP contribution in [0.15, 0.2) is 108 Å². The number of carbonyl (C=O) groups is 2. The predicted octanol–water partition coefficient (Wildman–Crippen LogP) is 5.89. The van der Waals surface area contributed by atoms with Crippen molar-refractivity contribution in [3.05, 3.63) is 124 Å². The molecular weight excluding hydrogens is 444 g/mol. The van der Waals surface area contributed by atoms with Gasteiger partial charge in [0.1, 0.15) is 0 Å². The third-order valence-corrected chi connectivity index (χ3v) is 5.65. The molecule has 1 aliphatic heterocycles. The molecule has 0 unspecified atom stereocenters. The van der Waals surface area contributed by atoms with Crippen LogP contribution in [0.3, 0.4) is 0 Å². The maximum atomic E-state index is 13.2. The van der Waals surface area contributed by atoms with Crippen molar-refractivity contribution < 1.29 is 9.59 Å². The lowest BCUT2D eigenvalue weighted by molar-refractivity contribution is -0.113. The molecule has 1 heterocycles. The molecule has 170 valence electrons. The van der Waals surface area contributed by atoms with E-state index in [1.54, 1.807) is 24.3 Å². The van der Waals surface area contributed by atoms with Gasteiger partial charge in [0.15, 0.2) is 5.78 Å². The van der Waals surface area contributed by atoms with Crippen molar-refractivity contribution in [1.82, 2.24) is 4.90 Å². The van der Waals surface area contributed by atoms with Gasteiger partial charge in [0.2, 0.25) is 5.91 Å². The summed E-state index contributed by atoms with van der Waals surface area (Å²) in [6, 6.07) is 26.7. The van der Waals surface area contributed by atoms with Crippen molar-refractivity contribution in [2.75, 3.05) is 25.0 Å². The summed E-state index contributed by atoms with van der Waals surface area (Å²) in [5.41, 5.74) is 4.13. The number of nitrogens with zero attached hydrogens (tertiary/aromatic N) is 1. The van der Waals surface area contributed by atoms with Crippen LogP contribution in [-0.4, -0.2) is 36.2 Å². The van der Waals surface area contributed by atoms with Crippen LogP contribution in [0, 0.1) is 0 Å². The van der Waals surface area contributed by atoms with E-state index in [9.17, 15) is 9.59 Å². The monoisotopic (exact) mass is 468 g/mol. The summed E-state index contributed by atoms with van der Waals surface area (Å²) >= 11 is 5.89. The van der Waals surface area contributed by atoms with E-state index >= 15 is 0 Å². The van der Waals surface area contributed by atoms with E-state index < -0.39 is 0 Å². The molecule has 0 bridgehead atoms. The van der Waals surface area contributed by atoms with Gasteiger partial charge in [-0.3, -0.25) is 14.5 Å². The van der Waals surface area contributed by atoms with Crippen molar-refractivity contribution >= 4 is 41.1 Å². The van der Waals surface area contributed by atoms with Crippen LogP contribution < -0.4 is 5.32 Å². The van der Waals surface area contributed by atoms with E-state index in [2.05, 4.69) is 10.2 Å². The minimum atomic E-state index is -0.212. The second kappa shape index (κ2) is 11.4. The Morgan fingerprint density at radius 1 is 0.824 bits per heavy atom. The number of likely N-dealkylation sites (tertiary alicyclic amines) is 1. The van der Waals surface area contributed by atoms with Gasteiger partial charge in [-0.1, -0.05) is 78.3 Å². The van der Waals surface area contributed by atoms with E-state index in [0.29, 0.717) is 30.3 Å². The number of Topliss-reactive ketones (excluding diaryl/α,β-unsaturated/α-hetero) is 1. The Kier molecular flexibility index (Phi) is 7.87. The Morgan fingerprint density at radius 3 is 1.88 bits per heavy atom. The molecular formula is C29H25ClN2O2. The number of halogens is 1. The minimum Gasteiger partial charge on any atom is -0.323 e. The van der Waals surface area contributed by atoms with Gasteiger partial charge in [0.05, 0.1) is 0 Å². The zero-order valence-corrected chi connectivity index (χ0v) is 19.4. The molecule has 1 amide bonds. The molecule has 1 N–H and O–H groups in total.